The van der Waals surface area contributed by atoms with Gasteiger partial charge in [-0.3, -0.25) is 0 Å². The Kier molecular flexibility index (Phi) is 7.08. The van der Waals surface area contributed by atoms with Crippen LogP contribution in [0.4, 0.5) is 0 Å². The molecular weight excluding hydrogens is 558 g/mol. The second kappa shape index (κ2) is 9.18. The van der Waals surface area contributed by atoms with Gasteiger partial charge in [-0.05, 0) is 0 Å². The van der Waals surface area contributed by atoms with Crippen LogP contribution < -0.4 is 24.8 Å². The van der Waals surface area contributed by atoms with Crippen molar-refractivity contribution in [3.8, 4) is 11.1 Å². The van der Waals surface area contributed by atoms with Crippen molar-refractivity contribution in [2.75, 3.05) is 0 Å². The molecule has 0 atom stereocenters. The van der Waals surface area contributed by atoms with Gasteiger partial charge in [0.1, 0.15) is 0 Å². The number of hydrogen-bond donors (Lipinski definition) is 0. The summed E-state index contributed by atoms with van der Waals surface area (Å²) in [4.78, 5) is 0. The first-order valence-electron chi connectivity index (χ1n) is 12.8. The molecule has 0 amide bonds. The molecule has 0 unspecified atom stereocenters. The summed E-state index contributed by atoms with van der Waals surface area (Å²) in [5.74, 6) is 0. The fraction of sp³-hybridized carbons (Fsp3) is 0.364. The molecule has 0 aliphatic heterocycles. The van der Waals surface area contributed by atoms with Gasteiger partial charge in [-0.1, -0.05) is 0 Å². The van der Waals surface area contributed by atoms with Crippen molar-refractivity contribution in [2.24, 2.45) is 0 Å². The summed E-state index contributed by atoms with van der Waals surface area (Å²) in [5.41, 5.74) is 15.3. The number of benzene rings is 2. The van der Waals surface area contributed by atoms with Gasteiger partial charge in [-0.15, -0.1) is 0 Å². The number of hydrogen-bond acceptors (Lipinski definition) is 0. The summed E-state index contributed by atoms with van der Waals surface area (Å²) >= 11 is -2.05. The SMILES string of the molecule is CC1=CC(C)(C)c2cc3c(cc21)-c1cc2c(cc1C3)C(C)(C)[C]([Zr+2]([C]1=CC=CC1)=[C](C)C)=C2C.[Cl-].[Cl-]. The monoisotopic (exact) mass is 592 g/mol. The van der Waals surface area contributed by atoms with Crippen LogP contribution in [-0.2, 0) is 38.5 Å². The first-order valence-corrected chi connectivity index (χ1v) is 16.5. The molecule has 0 saturated heterocycles. The van der Waals surface area contributed by atoms with Gasteiger partial charge in [0.05, 0.1) is 0 Å². The van der Waals surface area contributed by atoms with Gasteiger partial charge in [0.15, 0.2) is 0 Å². The van der Waals surface area contributed by atoms with E-state index in [1.807, 2.05) is 0 Å². The predicted molar refractivity (Wildman–Crippen MR) is 145 cm³/mol. The van der Waals surface area contributed by atoms with Crippen molar-refractivity contribution in [2.45, 2.75) is 79.1 Å². The third kappa shape index (κ3) is 3.83. The Labute approximate surface area is 237 Å². The van der Waals surface area contributed by atoms with Gasteiger partial charge in [-0.25, -0.2) is 0 Å². The zero-order valence-electron chi connectivity index (χ0n) is 22.8. The van der Waals surface area contributed by atoms with Crippen LogP contribution in [0.25, 0.3) is 22.3 Å². The Bertz CT molecular complexity index is 1470. The zero-order chi connectivity index (χ0) is 24.2. The predicted octanol–water partition coefficient (Wildman–Crippen LogP) is 2.66. The van der Waals surface area contributed by atoms with Crippen LogP contribution in [0, 0.1) is 0 Å². The number of fused-ring (bicyclic) bond motifs is 5. The third-order valence-corrected chi connectivity index (χ3v) is 17.4. The summed E-state index contributed by atoms with van der Waals surface area (Å²) in [6, 6.07) is 10.2. The van der Waals surface area contributed by atoms with E-state index in [0.717, 1.165) is 6.42 Å². The molecule has 2 aromatic carbocycles. The van der Waals surface area contributed by atoms with Crippen molar-refractivity contribution in [1.82, 2.24) is 0 Å². The maximum absolute atomic E-state index is 2.59. The average Bonchev–Trinajstić information content (AvgIpc) is 3.49. The van der Waals surface area contributed by atoms with E-state index in [1.165, 1.54) is 50.9 Å². The molecule has 0 radical (unpaired) electrons. The molecule has 36 heavy (non-hydrogen) atoms. The third-order valence-electron chi connectivity index (χ3n) is 8.77. The molecule has 0 heterocycles. The van der Waals surface area contributed by atoms with E-state index < -0.39 is 21.3 Å². The minimum atomic E-state index is -2.05. The van der Waals surface area contributed by atoms with Crippen LogP contribution in [0.1, 0.15) is 95.2 Å². The molecule has 0 aromatic heterocycles. The molecule has 4 aliphatic carbocycles. The smallest absolute Gasteiger partial charge is 1.00 e. The molecule has 0 N–H and O–H groups in total. The number of halogens is 2. The Morgan fingerprint density at radius 3 is 2.00 bits per heavy atom. The van der Waals surface area contributed by atoms with Crippen molar-refractivity contribution < 1.29 is 46.1 Å². The fourth-order valence-electron chi connectivity index (χ4n) is 7.27. The first kappa shape index (κ1) is 27.8. The normalized spacial score (nSPS) is 18.8. The largest absolute Gasteiger partial charge is 1.00 e. The number of allylic oxidation sites excluding steroid dienone is 8. The summed E-state index contributed by atoms with van der Waals surface area (Å²) in [6.07, 6.45) is 11.8. The van der Waals surface area contributed by atoms with Crippen molar-refractivity contribution >= 4 is 14.4 Å². The zero-order valence-corrected chi connectivity index (χ0v) is 26.8. The van der Waals surface area contributed by atoms with Gasteiger partial charge < -0.3 is 24.8 Å². The standard InChI is InChI=1S/C25H25.C5H5.C3H6.2ClH.Zr/c1-14-12-24(3,4)22-8-16-7-17-9-23-19(15(2)13-25(23,5)6)11-21(17)20(16)10-18(14)22;1-2-4-5-3-1;1-3-2;;;/h8-12H,7H2,1-6H3;1-3H,4H2;1-2H3;2*1H;/q;;;;;+2/p-2. The second-order valence-corrected chi connectivity index (χ2v) is 19.3. The number of rotatable bonds is 2. The molecule has 3 heteroatoms. The molecule has 0 saturated carbocycles. The minimum absolute atomic E-state index is 0. The molecule has 0 fully saturated rings. The Morgan fingerprint density at radius 2 is 1.42 bits per heavy atom. The van der Waals surface area contributed by atoms with Crippen molar-refractivity contribution in [3.05, 3.63) is 88.5 Å². The van der Waals surface area contributed by atoms with Gasteiger partial charge >= 0.3 is 214 Å². The van der Waals surface area contributed by atoms with E-state index in [-0.39, 0.29) is 35.6 Å². The molecule has 0 bridgehead atoms. The van der Waals surface area contributed by atoms with E-state index in [1.54, 1.807) is 20.9 Å². The van der Waals surface area contributed by atoms with Gasteiger partial charge in [-0.2, -0.15) is 0 Å². The quantitative estimate of drug-likeness (QED) is 0.428. The van der Waals surface area contributed by atoms with Gasteiger partial charge in [0.25, 0.3) is 0 Å². The summed E-state index contributed by atoms with van der Waals surface area (Å²) in [7, 11) is 0. The van der Waals surface area contributed by atoms with Crippen LogP contribution in [-0.4, -0.2) is 3.21 Å². The van der Waals surface area contributed by atoms with E-state index in [2.05, 4.69) is 104 Å². The van der Waals surface area contributed by atoms with E-state index in [9.17, 15) is 0 Å². The second-order valence-electron chi connectivity index (χ2n) is 12.2. The topological polar surface area (TPSA) is 0 Å². The van der Waals surface area contributed by atoms with Crippen LogP contribution in [0.2, 0.25) is 0 Å². The van der Waals surface area contributed by atoms with Gasteiger partial charge in [0.2, 0.25) is 0 Å². The van der Waals surface area contributed by atoms with Crippen LogP contribution in [0.5, 0.6) is 0 Å². The van der Waals surface area contributed by atoms with Crippen LogP contribution in [0.15, 0.2) is 55.1 Å². The molecular formula is C33H36Cl2Zr. The fourth-order valence-corrected chi connectivity index (χ4v) is 15.4. The molecule has 0 nitrogen and oxygen atoms in total. The van der Waals surface area contributed by atoms with Crippen molar-refractivity contribution in [3.63, 3.8) is 0 Å². The van der Waals surface area contributed by atoms with E-state index in [0.29, 0.717) is 0 Å². The van der Waals surface area contributed by atoms with Crippen LogP contribution >= 0.6 is 0 Å². The van der Waals surface area contributed by atoms with Crippen molar-refractivity contribution in [1.29, 1.82) is 0 Å². The molecule has 4 aliphatic rings. The maximum atomic E-state index is 2.59. The van der Waals surface area contributed by atoms with E-state index in [4.69, 9.17) is 0 Å². The Balaban J connectivity index is 0.00000152. The first-order chi connectivity index (χ1) is 16.0. The maximum Gasteiger partial charge on any atom is -1.00 e. The minimum Gasteiger partial charge on any atom is -1.00 e. The molecule has 6 rings (SSSR count). The summed E-state index contributed by atoms with van der Waals surface area (Å²) < 4.78 is 5.25. The average molecular weight is 595 g/mol. The summed E-state index contributed by atoms with van der Waals surface area (Å²) in [6.45, 7) is 19.2. The Morgan fingerprint density at radius 1 is 0.806 bits per heavy atom. The molecule has 186 valence electrons. The summed E-state index contributed by atoms with van der Waals surface area (Å²) in [5, 5.41) is 0. The molecule has 0 spiro atoms. The van der Waals surface area contributed by atoms with Gasteiger partial charge in [0, 0.05) is 0 Å². The Hall–Kier alpha value is -1.27. The van der Waals surface area contributed by atoms with Crippen LogP contribution in [0.3, 0.4) is 0 Å². The molecule has 2 aromatic rings. The van der Waals surface area contributed by atoms with E-state index >= 15 is 0 Å².